The quantitative estimate of drug-likeness (QED) is 0.0469. The molecule has 4 heterocycles. The Morgan fingerprint density at radius 1 is 0.806 bits per heavy atom. The minimum Gasteiger partial charge on any atom is -0.481 e. The monoisotopic (exact) mass is 941 g/mol. The lowest BCUT2D eigenvalue weighted by Crippen LogP contribution is -2.53. The molecule has 67 heavy (non-hydrogen) atoms. The molecule has 3 fully saturated rings. The third-order valence-corrected chi connectivity index (χ3v) is 12.2. The summed E-state index contributed by atoms with van der Waals surface area (Å²) in [6.45, 7) is 4.75. The first-order valence-corrected chi connectivity index (χ1v) is 23.0. The third kappa shape index (κ3) is 20.4. The fraction of sp³-hybridized carbons (Fsp3) is 0.667. The number of amides is 3. The summed E-state index contributed by atoms with van der Waals surface area (Å²) in [6.07, 6.45) is 7.30. The van der Waals surface area contributed by atoms with Crippen LogP contribution in [0.1, 0.15) is 75.5 Å². The molecule has 1 aromatic rings. The summed E-state index contributed by atoms with van der Waals surface area (Å²) in [5, 5.41) is 46.8. The van der Waals surface area contributed by atoms with Crippen LogP contribution in [0.3, 0.4) is 0 Å². The van der Waals surface area contributed by atoms with Crippen molar-refractivity contribution >= 4 is 47.6 Å². The number of carbonyl (C=O) groups excluding carboxylic acids is 4. The molecule has 0 aromatic carbocycles. The summed E-state index contributed by atoms with van der Waals surface area (Å²) in [5.74, 6) is -0.00783. The van der Waals surface area contributed by atoms with Crippen LogP contribution in [0.4, 0.5) is 0 Å². The molecule has 3 amide bonds. The first-order valence-electron chi connectivity index (χ1n) is 23.0. The standard InChI is InChI=1S/C45H67N9O13/c1-32(53-20-18-51(30-41(60)61)16-14-50(29-40(58)59)15-17-52(19-21-53)31-42(62)63)44(65)48-27-43(64)67-22-3-2-5-34-23-36(26-47-25-34)37(24-39(56)57)49-45(66)35-6-4-13-54(28-35)38(55)8-7-33-9-11-46-12-10-33/h23,25-26,32-33,35,37,46H,3-4,6-22,24,27-31H2,1H3,(H,48,65)(H,49,66)(H,56,57)(H,58,59)(H,60,61)(H,62,63)/t32?,35-,37+/m1/s1. The lowest BCUT2D eigenvalue weighted by atomic mass is 9.92. The highest BCUT2D eigenvalue weighted by Crippen LogP contribution is 2.24. The minimum absolute atomic E-state index is 0.0395. The van der Waals surface area contributed by atoms with Gasteiger partial charge in [-0.1, -0.05) is 11.8 Å². The average molecular weight is 942 g/mol. The Bertz CT molecular complexity index is 1890. The molecule has 0 aliphatic carbocycles. The maximum atomic E-state index is 13.5. The number of likely N-dealkylation sites (tertiary alicyclic amines) is 1. The number of esters is 1. The molecule has 1 unspecified atom stereocenters. The molecule has 3 atom stereocenters. The lowest BCUT2D eigenvalue weighted by Gasteiger charge is -2.35. The number of pyridine rings is 1. The SMILES string of the molecule is CC(C(=O)NCC(=O)OCCC#Cc1cncc([C@H](CC(=O)O)NC(=O)[C@@H]2CCCN(C(=O)CCC3CCNCC3)C2)c1)N1CCN(CC(=O)O)CCN(CC(=O)O)CCN(CC(=O)O)CC1. The Morgan fingerprint density at radius 2 is 1.40 bits per heavy atom. The normalized spacial score (nSPS) is 19.5. The molecule has 0 bridgehead atoms. The fourth-order valence-electron chi connectivity index (χ4n) is 8.40. The van der Waals surface area contributed by atoms with Gasteiger partial charge in [0, 0.05) is 96.2 Å². The van der Waals surface area contributed by atoms with Crippen molar-refractivity contribution in [2.45, 2.75) is 70.4 Å². The number of aromatic nitrogens is 1. The second kappa shape index (κ2) is 28.4. The topological polar surface area (TPSA) is 292 Å². The lowest BCUT2D eigenvalue weighted by molar-refractivity contribution is -0.144. The molecular weight excluding hydrogens is 875 g/mol. The van der Waals surface area contributed by atoms with Crippen LogP contribution >= 0.6 is 0 Å². The van der Waals surface area contributed by atoms with Crippen molar-refractivity contribution < 1.29 is 63.5 Å². The number of nitrogens with zero attached hydrogens (tertiary/aromatic N) is 6. The number of carboxylic acid groups (broad SMARTS) is 4. The Labute approximate surface area is 390 Å². The van der Waals surface area contributed by atoms with Gasteiger partial charge in [0.15, 0.2) is 0 Å². The summed E-state index contributed by atoms with van der Waals surface area (Å²) in [7, 11) is 0. The van der Waals surface area contributed by atoms with Crippen molar-refractivity contribution in [1.82, 2.24) is 45.4 Å². The predicted octanol–water partition coefficient (Wildman–Crippen LogP) is -1.00. The molecule has 0 spiro atoms. The predicted molar refractivity (Wildman–Crippen MR) is 240 cm³/mol. The van der Waals surface area contributed by atoms with E-state index in [1.165, 1.54) is 12.4 Å². The van der Waals surface area contributed by atoms with Gasteiger partial charge in [-0.3, -0.25) is 62.9 Å². The number of carboxylic acids is 4. The molecule has 3 aliphatic rings. The van der Waals surface area contributed by atoms with Crippen molar-refractivity contribution in [3.8, 4) is 11.8 Å². The van der Waals surface area contributed by atoms with Gasteiger partial charge in [-0.05, 0) is 69.7 Å². The fourth-order valence-corrected chi connectivity index (χ4v) is 8.40. The molecule has 7 N–H and O–H groups in total. The van der Waals surface area contributed by atoms with Crippen molar-refractivity contribution in [2.75, 3.05) is 111 Å². The van der Waals surface area contributed by atoms with Crippen molar-refractivity contribution in [1.29, 1.82) is 0 Å². The van der Waals surface area contributed by atoms with Crippen LogP contribution in [-0.4, -0.2) is 215 Å². The number of hydrogen-bond acceptors (Lipinski definition) is 15. The second-order valence-electron chi connectivity index (χ2n) is 17.3. The second-order valence-corrected chi connectivity index (χ2v) is 17.3. The molecule has 0 saturated carbocycles. The van der Waals surface area contributed by atoms with Gasteiger partial charge in [0.2, 0.25) is 17.7 Å². The van der Waals surface area contributed by atoms with Crippen LogP contribution < -0.4 is 16.0 Å². The Morgan fingerprint density at radius 3 is 1.99 bits per heavy atom. The first-order chi connectivity index (χ1) is 32.1. The highest BCUT2D eigenvalue weighted by atomic mass is 16.5. The summed E-state index contributed by atoms with van der Waals surface area (Å²) >= 11 is 0. The van der Waals surface area contributed by atoms with E-state index in [1.54, 1.807) is 37.5 Å². The highest BCUT2D eigenvalue weighted by Gasteiger charge is 2.31. The van der Waals surface area contributed by atoms with Gasteiger partial charge in [-0.2, -0.15) is 0 Å². The van der Waals surface area contributed by atoms with E-state index in [4.69, 9.17) is 4.74 Å². The van der Waals surface area contributed by atoms with Crippen molar-refractivity contribution in [3.63, 3.8) is 0 Å². The molecule has 22 nitrogen and oxygen atoms in total. The zero-order valence-corrected chi connectivity index (χ0v) is 38.4. The Hall–Kier alpha value is -5.73. The van der Waals surface area contributed by atoms with Crippen LogP contribution in [0.15, 0.2) is 18.5 Å². The molecule has 3 aliphatic heterocycles. The number of carbonyl (C=O) groups is 8. The Kier molecular flexibility index (Phi) is 22.9. The van der Waals surface area contributed by atoms with E-state index in [9.17, 15) is 58.8 Å². The number of piperidine rings is 2. The average Bonchev–Trinajstić information content (AvgIpc) is 3.29. The van der Waals surface area contributed by atoms with E-state index in [0.29, 0.717) is 42.9 Å². The molecule has 22 heteroatoms. The van der Waals surface area contributed by atoms with Crippen LogP contribution in [0.25, 0.3) is 0 Å². The smallest absolute Gasteiger partial charge is 0.325 e. The van der Waals surface area contributed by atoms with E-state index >= 15 is 0 Å². The number of rotatable bonds is 20. The van der Waals surface area contributed by atoms with Gasteiger partial charge in [-0.15, -0.1) is 0 Å². The van der Waals surface area contributed by atoms with E-state index in [1.807, 2.05) is 0 Å². The van der Waals surface area contributed by atoms with Crippen LogP contribution in [0.5, 0.6) is 0 Å². The van der Waals surface area contributed by atoms with Crippen LogP contribution in [0, 0.1) is 23.7 Å². The summed E-state index contributed by atoms with van der Waals surface area (Å²) < 4.78 is 5.26. The highest BCUT2D eigenvalue weighted by molar-refractivity contribution is 5.85. The van der Waals surface area contributed by atoms with Gasteiger partial charge in [-0.25, -0.2) is 0 Å². The molecule has 3 saturated heterocycles. The van der Waals surface area contributed by atoms with Gasteiger partial charge in [0.1, 0.15) is 13.2 Å². The molecular formula is C45H67N9O13. The molecule has 4 rings (SSSR count). The summed E-state index contributed by atoms with van der Waals surface area (Å²) in [4.78, 5) is 112. The van der Waals surface area contributed by atoms with Gasteiger partial charge >= 0.3 is 29.8 Å². The molecule has 370 valence electrons. The van der Waals surface area contributed by atoms with Crippen LogP contribution in [0.2, 0.25) is 0 Å². The zero-order chi connectivity index (χ0) is 48.7. The number of hydrogen-bond donors (Lipinski definition) is 7. The maximum Gasteiger partial charge on any atom is 0.325 e. The zero-order valence-electron chi connectivity index (χ0n) is 38.4. The van der Waals surface area contributed by atoms with E-state index < -0.39 is 66.7 Å². The largest absolute Gasteiger partial charge is 0.481 e. The Balaban J connectivity index is 1.26. The van der Waals surface area contributed by atoms with E-state index in [-0.39, 0.29) is 103 Å². The van der Waals surface area contributed by atoms with Gasteiger partial charge in [0.25, 0.3) is 0 Å². The molecule has 1 aromatic heterocycles. The number of nitrogens with one attached hydrogen (secondary N) is 3. The van der Waals surface area contributed by atoms with E-state index in [2.05, 4.69) is 32.8 Å². The van der Waals surface area contributed by atoms with Gasteiger partial charge in [0.05, 0.1) is 44.1 Å². The third-order valence-electron chi connectivity index (χ3n) is 12.2. The number of ether oxygens (including phenoxy) is 1. The molecule has 0 radical (unpaired) electrons. The van der Waals surface area contributed by atoms with Crippen molar-refractivity contribution in [2.24, 2.45) is 11.8 Å². The van der Waals surface area contributed by atoms with Crippen molar-refractivity contribution in [3.05, 3.63) is 29.6 Å². The summed E-state index contributed by atoms with van der Waals surface area (Å²) in [6, 6.07) is -0.0634. The number of aliphatic carboxylic acids is 4. The first kappa shape index (κ1) is 53.9. The maximum absolute atomic E-state index is 13.5. The van der Waals surface area contributed by atoms with Crippen LogP contribution in [-0.2, 0) is 43.1 Å². The van der Waals surface area contributed by atoms with Gasteiger partial charge < -0.3 is 46.0 Å². The summed E-state index contributed by atoms with van der Waals surface area (Å²) in [5.41, 5.74) is 0.883. The van der Waals surface area contributed by atoms with E-state index in [0.717, 1.165) is 32.4 Å². The minimum atomic E-state index is -1.12.